The summed E-state index contributed by atoms with van der Waals surface area (Å²) in [5.41, 5.74) is 6.00. The number of carbonyl (C=O) groups is 2. The Morgan fingerprint density at radius 2 is 1.74 bits per heavy atom. The molecule has 2 amide bonds. The molecule has 2 N–H and O–H groups in total. The zero-order valence-electron chi connectivity index (χ0n) is 15.1. The Labute approximate surface area is 162 Å². The van der Waals surface area contributed by atoms with Crippen LogP contribution in [-0.4, -0.2) is 47.9 Å². The summed E-state index contributed by atoms with van der Waals surface area (Å²) in [6.45, 7) is 3.08. The number of halogens is 1. The smallest absolute Gasteiger partial charge is 0.260 e. The predicted octanol–water partition coefficient (Wildman–Crippen LogP) is 0.621. The van der Waals surface area contributed by atoms with Crippen LogP contribution in [0.4, 0.5) is 0 Å². The monoisotopic (exact) mass is 413 g/mol. The third-order valence-electron chi connectivity index (χ3n) is 3.63. The first-order valence-electron chi connectivity index (χ1n) is 7.90. The van der Waals surface area contributed by atoms with Crippen molar-refractivity contribution in [1.82, 2.24) is 24.9 Å². The number of aromatic nitrogens is 2. The molecule has 2 aromatic rings. The molecule has 0 aliphatic heterocycles. The van der Waals surface area contributed by atoms with E-state index in [1.807, 2.05) is 13.0 Å². The minimum Gasteiger partial charge on any atom is -0.272 e. The van der Waals surface area contributed by atoms with Gasteiger partial charge in [-0.1, -0.05) is 11.6 Å². The minimum atomic E-state index is -3.85. The Morgan fingerprint density at radius 1 is 1.15 bits per heavy atom. The molecule has 146 valence electrons. The fourth-order valence-electron chi connectivity index (χ4n) is 2.26. The number of hydrogen-bond acceptors (Lipinski definition) is 5. The summed E-state index contributed by atoms with van der Waals surface area (Å²) in [4.78, 5) is 23.8. The summed E-state index contributed by atoms with van der Waals surface area (Å²) in [5.74, 6) is -1.17. The third-order valence-corrected chi connectivity index (χ3v) is 5.70. The van der Waals surface area contributed by atoms with Gasteiger partial charge in [-0.05, 0) is 44.2 Å². The average molecular weight is 414 g/mol. The molecule has 0 unspecified atom stereocenters. The summed E-state index contributed by atoms with van der Waals surface area (Å²) in [6, 6.07) is 7.41. The van der Waals surface area contributed by atoms with Crippen LogP contribution >= 0.6 is 11.6 Å². The number of benzene rings is 1. The molecule has 0 spiro atoms. The van der Waals surface area contributed by atoms with Crippen molar-refractivity contribution < 1.29 is 18.0 Å². The van der Waals surface area contributed by atoms with Gasteiger partial charge >= 0.3 is 0 Å². The van der Waals surface area contributed by atoms with Gasteiger partial charge in [0.05, 0.1) is 17.1 Å². The molecule has 11 heteroatoms. The van der Waals surface area contributed by atoms with Gasteiger partial charge in [-0.15, -0.1) is 0 Å². The number of nitrogens with one attached hydrogen (secondary N) is 2. The lowest BCUT2D eigenvalue weighted by molar-refractivity contribution is -0.129. The highest BCUT2D eigenvalue weighted by atomic mass is 35.5. The second-order valence-corrected chi connectivity index (χ2v) is 8.38. The molecule has 0 atom stereocenters. The number of likely N-dealkylation sites (N-methyl/N-ethyl adjacent to an activating group) is 1. The van der Waals surface area contributed by atoms with Crippen LogP contribution in [-0.2, 0) is 26.2 Å². The lowest BCUT2D eigenvalue weighted by atomic mass is 10.4. The Bertz CT molecular complexity index is 940. The van der Waals surface area contributed by atoms with Crippen molar-refractivity contribution in [1.29, 1.82) is 0 Å². The van der Waals surface area contributed by atoms with Crippen molar-refractivity contribution in [3.05, 3.63) is 46.7 Å². The molecule has 0 aliphatic rings. The number of rotatable bonds is 6. The van der Waals surface area contributed by atoms with E-state index in [0.717, 1.165) is 15.7 Å². The van der Waals surface area contributed by atoms with E-state index in [0.29, 0.717) is 5.02 Å². The molecule has 0 fully saturated rings. The van der Waals surface area contributed by atoms with Gasteiger partial charge in [-0.3, -0.25) is 25.1 Å². The summed E-state index contributed by atoms with van der Waals surface area (Å²) in [5, 5.41) is 4.55. The van der Waals surface area contributed by atoms with Crippen LogP contribution in [0.5, 0.6) is 0 Å². The first-order chi connectivity index (χ1) is 12.6. The Morgan fingerprint density at radius 3 is 2.30 bits per heavy atom. The van der Waals surface area contributed by atoms with Crippen LogP contribution in [0.3, 0.4) is 0 Å². The van der Waals surface area contributed by atoms with E-state index in [-0.39, 0.29) is 11.4 Å². The van der Waals surface area contributed by atoms with Crippen molar-refractivity contribution in [2.24, 2.45) is 0 Å². The quantitative estimate of drug-likeness (QED) is 0.674. The standard InChI is InChI=1S/C16H20ClN5O4S/c1-11-8-12(2)22(20-11)10-16(24)19-18-15(23)9-21(3)27(25,26)14-6-4-13(17)5-7-14/h4-8H,9-10H2,1-3H3,(H,18,23)(H,19,24). The van der Waals surface area contributed by atoms with Gasteiger partial charge in [-0.2, -0.15) is 9.40 Å². The molecule has 9 nitrogen and oxygen atoms in total. The summed E-state index contributed by atoms with van der Waals surface area (Å²) < 4.78 is 27.2. The maximum Gasteiger partial charge on any atom is 0.260 e. The van der Waals surface area contributed by atoms with E-state index in [1.54, 1.807) is 6.92 Å². The van der Waals surface area contributed by atoms with E-state index in [9.17, 15) is 18.0 Å². The Balaban J connectivity index is 1.88. The number of aryl methyl sites for hydroxylation is 2. The largest absolute Gasteiger partial charge is 0.272 e. The Hall–Kier alpha value is -2.43. The van der Waals surface area contributed by atoms with Crippen molar-refractivity contribution in [2.45, 2.75) is 25.3 Å². The van der Waals surface area contributed by atoms with E-state index in [2.05, 4.69) is 16.0 Å². The normalized spacial score (nSPS) is 11.4. The highest BCUT2D eigenvalue weighted by Gasteiger charge is 2.23. The van der Waals surface area contributed by atoms with Gasteiger partial charge in [-0.25, -0.2) is 8.42 Å². The molecular weight excluding hydrogens is 394 g/mol. The number of sulfonamides is 1. The molecule has 0 saturated heterocycles. The van der Waals surface area contributed by atoms with Crippen LogP contribution < -0.4 is 10.9 Å². The molecule has 1 aromatic carbocycles. The third kappa shape index (κ3) is 5.52. The first-order valence-corrected chi connectivity index (χ1v) is 9.72. The van der Waals surface area contributed by atoms with E-state index >= 15 is 0 Å². The zero-order valence-corrected chi connectivity index (χ0v) is 16.6. The molecule has 1 heterocycles. The number of hydrogen-bond donors (Lipinski definition) is 2. The van der Waals surface area contributed by atoms with E-state index in [4.69, 9.17) is 11.6 Å². The number of hydrazine groups is 1. The highest BCUT2D eigenvalue weighted by molar-refractivity contribution is 7.89. The van der Waals surface area contributed by atoms with Crippen molar-refractivity contribution >= 4 is 33.4 Å². The maximum absolute atomic E-state index is 12.4. The van der Waals surface area contributed by atoms with Crippen LogP contribution in [0, 0.1) is 13.8 Å². The van der Waals surface area contributed by atoms with Gasteiger partial charge in [0, 0.05) is 17.8 Å². The van der Waals surface area contributed by atoms with Gasteiger partial charge in [0.1, 0.15) is 6.54 Å². The van der Waals surface area contributed by atoms with Crippen LogP contribution in [0.15, 0.2) is 35.2 Å². The lowest BCUT2D eigenvalue weighted by Gasteiger charge is -2.17. The molecule has 0 bridgehead atoms. The maximum atomic E-state index is 12.4. The molecule has 0 radical (unpaired) electrons. The molecule has 0 aliphatic carbocycles. The predicted molar refractivity (Wildman–Crippen MR) is 99.3 cm³/mol. The van der Waals surface area contributed by atoms with E-state index in [1.165, 1.54) is 36.0 Å². The molecule has 2 rings (SSSR count). The fraction of sp³-hybridized carbons (Fsp3) is 0.312. The first kappa shape index (κ1) is 20.9. The Kier molecular flexibility index (Phi) is 6.58. The molecule has 1 aromatic heterocycles. The number of nitrogens with zero attached hydrogens (tertiary/aromatic N) is 3. The van der Waals surface area contributed by atoms with Crippen LogP contribution in [0.2, 0.25) is 5.02 Å². The SMILES string of the molecule is Cc1cc(C)n(CC(=O)NNC(=O)CN(C)S(=O)(=O)c2ccc(Cl)cc2)n1. The minimum absolute atomic E-state index is 0.00997. The molecule has 0 saturated carbocycles. The fourth-order valence-corrected chi connectivity index (χ4v) is 3.52. The number of amides is 2. The molecule has 27 heavy (non-hydrogen) atoms. The van der Waals surface area contributed by atoms with Gasteiger partial charge in [0.15, 0.2) is 0 Å². The van der Waals surface area contributed by atoms with Gasteiger partial charge in [0.25, 0.3) is 11.8 Å². The van der Waals surface area contributed by atoms with Crippen LogP contribution in [0.1, 0.15) is 11.4 Å². The van der Waals surface area contributed by atoms with Crippen molar-refractivity contribution in [2.75, 3.05) is 13.6 Å². The van der Waals surface area contributed by atoms with E-state index < -0.39 is 28.4 Å². The summed E-state index contributed by atoms with van der Waals surface area (Å²) in [6.07, 6.45) is 0. The lowest BCUT2D eigenvalue weighted by Crippen LogP contribution is -2.47. The second-order valence-electron chi connectivity index (χ2n) is 5.90. The zero-order chi connectivity index (χ0) is 20.2. The molecular formula is C16H20ClN5O4S. The average Bonchev–Trinajstić information content (AvgIpc) is 2.90. The summed E-state index contributed by atoms with van der Waals surface area (Å²) in [7, 11) is -2.59. The highest BCUT2D eigenvalue weighted by Crippen LogP contribution is 2.17. The topological polar surface area (TPSA) is 113 Å². The second kappa shape index (κ2) is 8.51. The van der Waals surface area contributed by atoms with Crippen LogP contribution in [0.25, 0.3) is 0 Å². The van der Waals surface area contributed by atoms with Crippen molar-refractivity contribution in [3.8, 4) is 0 Å². The van der Waals surface area contributed by atoms with Gasteiger partial charge < -0.3 is 0 Å². The van der Waals surface area contributed by atoms with Crippen molar-refractivity contribution in [3.63, 3.8) is 0 Å². The summed E-state index contributed by atoms with van der Waals surface area (Å²) >= 11 is 5.75. The van der Waals surface area contributed by atoms with Gasteiger partial charge in [0.2, 0.25) is 10.0 Å². The number of carbonyl (C=O) groups excluding carboxylic acids is 2.